The van der Waals surface area contributed by atoms with Gasteiger partial charge in [-0.1, -0.05) is 30.3 Å². The smallest absolute Gasteiger partial charge is 0.234 e. The Morgan fingerprint density at radius 3 is 2.68 bits per heavy atom. The maximum atomic E-state index is 5.12. The van der Waals surface area contributed by atoms with Crippen molar-refractivity contribution in [3.05, 3.63) is 48.4 Å². The van der Waals surface area contributed by atoms with Gasteiger partial charge in [-0.2, -0.15) is 4.98 Å². The molecule has 3 aromatic rings. The van der Waals surface area contributed by atoms with Crippen LogP contribution in [-0.4, -0.2) is 26.6 Å². The van der Waals surface area contributed by atoms with Crippen molar-refractivity contribution >= 4 is 11.3 Å². The van der Waals surface area contributed by atoms with E-state index in [9.17, 15) is 0 Å². The highest BCUT2D eigenvalue weighted by Crippen LogP contribution is 2.22. The van der Waals surface area contributed by atoms with Crippen LogP contribution in [0, 0.1) is 0 Å². The summed E-state index contributed by atoms with van der Waals surface area (Å²) < 4.78 is 7.12. The highest BCUT2D eigenvalue weighted by molar-refractivity contribution is 5.66. The number of ether oxygens (including phenoxy) is 1. The van der Waals surface area contributed by atoms with E-state index in [1.54, 1.807) is 19.6 Å². The molecule has 0 amide bonds. The monoisotopic (exact) mass is 254 g/mol. The number of aromatic nitrogens is 4. The average molecular weight is 254 g/mol. The van der Waals surface area contributed by atoms with Gasteiger partial charge in [0.15, 0.2) is 11.3 Å². The maximum absolute atomic E-state index is 5.12. The predicted molar refractivity (Wildman–Crippen MR) is 72.1 cm³/mol. The highest BCUT2D eigenvalue weighted by Gasteiger charge is 2.13. The fourth-order valence-electron chi connectivity index (χ4n) is 2.07. The van der Waals surface area contributed by atoms with Crippen molar-refractivity contribution in [2.75, 3.05) is 7.11 Å². The fraction of sp³-hybridized carbons (Fsp3) is 0.214. The Morgan fingerprint density at radius 1 is 1.16 bits per heavy atom. The van der Waals surface area contributed by atoms with Crippen molar-refractivity contribution in [2.24, 2.45) is 0 Å². The molecule has 0 aliphatic heterocycles. The van der Waals surface area contributed by atoms with Crippen LogP contribution in [0.15, 0.2) is 42.9 Å². The van der Waals surface area contributed by atoms with Crippen LogP contribution in [0.25, 0.3) is 11.3 Å². The Bertz CT molecular complexity index is 693. The molecule has 0 radical (unpaired) electrons. The summed E-state index contributed by atoms with van der Waals surface area (Å²) in [6.07, 6.45) is 3.34. The molecule has 2 heterocycles. The van der Waals surface area contributed by atoms with Crippen molar-refractivity contribution in [2.45, 2.75) is 13.0 Å². The molecule has 1 atom stereocenters. The second-order valence-electron chi connectivity index (χ2n) is 4.30. The number of fused-ring (bicyclic) bond motifs is 1. The molecule has 5 nitrogen and oxygen atoms in total. The molecule has 0 saturated carbocycles. The lowest BCUT2D eigenvalue weighted by Gasteiger charge is -2.14. The van der Waals surface area contributed by atoms with E-state index in [1.165, 1.54) is 5.56 Å². The fourth-order valence-corrected chi connectivity index (χ4v) is 2.07. The molecule has 0 unspecified atom stereocenters. The lowest BCUT2D eigenvalue weighted by atomic mass is 10.1. The third-order valence-electron chi connectivity index (χ3n) is 3.17. The summed E-state index contributed by atoms with van der Waals surface area (Å²) in [5, 5.41) is 0. The lowest BCUT2D eigenvalue weighted by molar-refractivity contribution is 0.397. The van der Waals surface area contributed by atoms with Gasteiger partial charge < -0.3 is 9.30 Å². The predicted octanol–water partition coefficient (Wildman–Crippen LogP) is 2.44. The van der Waals surface area contributed by atoms with Crippen molar-refractivity contribution in [3.63, 3.8) is 0 Å². The Hall–Kier alpha value is -2.43. The normalized spacial score (nSPS) is 12.5. The van der Waals surface area contributed by atoms with Crippen LogP contribution in [0.2, 0.25) is 0 Å². The van der Waals surface area contributed by atoms with E-state index in [4.69, 9.17) is 4.74 Å². The molecular formula is C14H14N4O. The number of hydrogen-bond donors (Lipinski definition) is 0. The lowest BCUT2D eigenvalue weighted by Crippen LogP contribution is -2.06. The van der Waals surface area contributed by atoms with Gasteiger partial charge in [0.25, 0.3) is 0 Å². The Balaban J connectivity index is 2.09. The zero-order valence-electron chi connectivity index (χ0n) is 10.8. The van der Waals surface area contributed by atoms with E-state index in [1.807, 2.05) is 22.8 Å². The largest absolute Gasteiger partial charge is 0.480 e. The third-order valence-corrected chi connectivity index (χ3v) is 3.17. The van der Waals surface area contributed by atoms with Gasteiger partial charge in [-0.15, -0.1) is 0 Å². The highest BCUT2D eigenvalue weighted by atomic mass is 16.5. The summed E-state index contributed by atoms with van der Waals surface area (Å²) in [5.41, 5.74) is 2.56. The van der Waals surface area contributed by atoms with E-state index < -0.39 is 0 Å². The summed E-state index contributed by atoms with van der Waals surface area (Å²) in [6, 6.07) is 10.4. The molecule has 0 aliphatic rings. The number of benzene rings is 1. The third kappa shape index (κ3) is 2.03. The number of hydrogen-bond acceptors (Lipinski definition) is 4. The molecule has 2 aromatic heterocycles. The zero-order valence-corrected chi connectivity index (χ0v) is 10.8. The maximum Gasteiger partial charge on any atom is 0.234 e. The first kappa shape index (κ1) is 11.6. The number of rotatable bonds is 3. The van der Waals surface area contributed by atoms with Gasteiger partial charge in [-0.25, -0.2) is 9.97 Å². The van der Waals surface area contributed by atoms with Gasteiger partial charge >= 0.3 is 0 Å². The van der Waals surface area contributed by atoms with Crippen LogP contribution in [0.1, 0.15) is 18.5 Å². The topological polar surface area (TPSA) is 52.8 Å². The first-order valence-corrected chi connectivity index (χ1v) is 6.08. The first-order chi connectivity index (χ1) is 9.29. The molecule has 0 N–H and O–H groups in total. The molecule has 0 fully saturated rings. The van der Waals surface area contributed by atoms with Gasteiger partial charge in [0.2, 0.25) is 5.88 Å². The van der Waals surface area contributed by atoms with Crippen LogP contribution >= 0.6 is 0 Å². The quantitative estimate of drug-likeness (QED) is 0.720. The van der Waals surface area contributed by atoms with Gasteiger partial charge in [0.1, 0.15) is 0 Å². The first-order valence-electron chi connectivity index (χ1n) is 6.08. The summed E-state index contributed by atoms with van der Waals surface area (Å²) in [6.45, 7) is 2.11. The zero-order chi connectivity index (χ0) is 13.2. The van der Waals surface area contributed by atoms with Crippen molar-refractivity contribution in [1.82, 2.24) is 19.5 Å². The van der Waals surface area contributed by atoms with Crippen LogP contribution in [0.4, 0.5) is 0 Å². The van der Waals surface area contributed by atoms with E-state index in [0.29, 0.717) is 11.5 Å². The van der Waals surface area contributed by atoms with E-state index in [0.717, 1.165) is 5.65 Å². The van der Waals surface area contributed by atoms with E-state index in [2.05, 4.69) is 34.0 Å². The minimum atomic E-state index is 0.146. The molecule has 5 heteroatoms. The van der Waals surface area contributed by atoms with Gasteiger partial charge in [-0.3, -0.25) is 0 Å². The van der Waals surface area contributed by atoms with Crippen molar-refractivity contribution < 1.29 is 4.74 Å². The summed E-state index contributed by atoms with van der Waals surface area (Å²) in [7, 11) is 1.58. The van der Waals surface area contributed by atoms with E-state index >= 15 is 0 Å². The van der Waals surface area contributed by atoms with Crippen LogP contribution in [0.3, 0.4) is 0 Å². The Morgan fingerprint density at radius 2 is 1.95 bits per heavy atom. The molecule has 0 spiro atoms. The Labute approximate surface area is 110 Å². The van der Waals surface area contributed by atoms with E-state index in [-0.39, 0.29) is 6.04 Å². The molecule has 96 valence electrons. The number of nitrogens with zero attached hydrogens (tertiary/aromatic N) is 4. The molecule has 0 aliphatic carbocycles. The molecule has 0 bridgehead atoms. The van der Waals surface area contributed by atoms with Crippen molar-refractivity contribution in [1.29, 1.82) is 0 Å². The molecular weight excluding hydrogens is 240 g/mol. The van der Waals surface area contributed by atoms with Gasteiger partial charge in [0.05, 0.1) is 25.7 Å². The SMILES string of the molecule is COc1cnc2ncn([C@@H](C)c3ccccc3)c2n1. The minimum Gasteiger partial charge on any atom is -0.480 e. The second kappa shape index (κ2) is 4.68. The van der Waals surface area contributed by atoms with Gasteiger partial charge in [0, 0.05) is 0 Å². The Kier molecular flexibility index (Phi) is 2.87. The minimum absolute atomic E-state index is 0.146. The molecule has 3 rings (SSSR count). The average Bonchev–Trinajstić information content (AvgIpc) is 2.90. The standard InChI is InChI=1S/C14H14N4O/c1-10(11-6-4-3-5-7-11)18-9-16-13-14(18)17-12(19-2)8-15-13/h3-10H,1-2H3/t10-/m0/s1. The summed E-state index contributed by atoms with van der Waals surface area (Å²) >= 11 is 0. The molecule has 19 heavy (non-hydrogen) atoms. The van der Waals surface area contributed by atoms with Gasteiger partial charge in [-0.05, 0) is 12.5 Å². The summed E-state index contributed by atoms with van der Waals surface area (Å²) in [4.78, 5) is 12.9. The second-order valence-corrected chi connectivity index (χ2v) is 4.30. The molecule has 0 saturated heterocycles. The summed E-state index contributed by atoms with van der Waals surface area (Å²) in [5.74, 6) is 0.495. The molecule has 1 aromatic carbocycles. The van der Waals surface area contributed by atoms with Crippen molar-refractivity contribution in [3.8, 4) is 5.88 Å². The van der Waals surface area contributed by atoms with Crippen LogP contribution < -0.4 is 4.74 Å². The van der Waals surface area contributed by atoms with Crippen LogP contribution in [0.5, 0.6) is 5.88 Å². The van der Waals surface area contributed by atoms with Crippen LogP contribution in [-0.2, 0) is 0 Å². The number of imidazole rings is 1. The number of methoxy groups -OCH3 is 1.